The Morgan fingerprint density at radius 3 is 2.38 bits per heavy atom. The van der Waals surface area contributed by atoms with Gasteiger partial charge in [0.1, 0.15) is 5.82 Å². The summed E-state index contributed by atoms with van der Waals surface area (Å²) in [7, 11) is 3.19. The summed E-state index contributed by atoms with van der Waals surface area (Å²) in [6.45, 7) is 1.96. The minimum Gasteiger partial charge on any atom is -0.493 e. The van der Waals surface area contributed by atoms with Crippen LogP contribution in [-0.2, 0) is 0 Å². The summed E-state index contributed by atoms with van der Waals surface area (Å²) in [5, 5.41) is 3.15. The van der Waals surface area contributed by atoms with Crippen molar-refractivity contribution in [3.05, 3.63) is 52.3 Å². The zero-order chi connectivity index (χ0) is 15.4. The summed E-state index contributed by atoms with van der Waals surface area (Å²) in [4.78, 5) is 0. The number of nitrogens with one attached hydrogen (secondary N) is 1. The van der Waals surface area contributed by atoms with E-state index in [1.807, 2.05) is 25.1 Å². The molecular formula is C16H17BrFNO2. The fourth-order valence-electron chi connectivity index (χ4n) is 2.05. The first-order valence-corrected chi connectivity index (χ1v) is 7.28. The first kappa shape index (κ1) is 15.6. The Balaban J connectivity index is 2.21. The van der Waals surface area contributed by atoms with Gasteiger partial charge in [0, 0.05) is 10.5 Å². The van der Waals surface area contributed by atoms with E-state index in [1.165, 1.54) is 6.07 Å². The number of ether oxygens (including phenoxy) is 2. The van der Waals surface area contributed by atoms with Gasteiger partial charge >= 0.3 is 0 Å². The molecule has 2 aromatic carbocycles. The summed E-state index contributed by atoms with van der Waals surface area (Å²) >= 11 is 3.24. The van der Waals surface area contributed by atoms with Crippen LogP contribution >= 0.6 is 15.9 Å². The molecule has 1 atom stereocenters. The number of hydrogen-bond donors (Lipinski definition) is 1. The van der Waals surface area contributed by atoms with Crippen molar-refractivity contribution < 1.29 is 13.9 Å². The van der Waals surface area contributed by atoms with Crippen molar-refractivity contribution >= 4 is 21.6 Å². The third kappa shape index (κ3) is 3.67. The number of methoxy groups -OCH3 is 2. The van der Waals surface area contributed by atoms with Crippen LogP contribution in [0.25, 0.3) is 0 Å². The molecule has 0 fully saturated rings. The molecule has 0 amide bonds. The molecule has 0 radical (unpaired) electrons. The van der Waals surface area contributed by atoms with Gasteiger partial charge in [-0.05, 0) is 42.8 Å². The minimum atomic E-state index is -0.295. The lowest BCUT2D eigenvalue weighted by Gasteiger charge is -2.18. The van der Waals surface area contributed by atoms with Gasteiger partial charge in [0.2, 0.25) is 0 Å². The molecule has 0 heterocycles. The third-order valence-corrected chi connectivity index (χ3v) is 3.70. The summed E-state index contributed by atoms with van der Waals surface area (Å²) in [6.07, 6.45) is 0. The monoisotopic (exact) mass is 353 g/mol. The summed E-state index contributed by atoms with van der Waals surface area (Å²) in [6, 6.07) is 10.5. The van der Waals surface area contributed by atoms with Crippen LogP contribution in [0, 0.1) is 5.82 Å². The van der Waals surface area contributed by atoms with E-state index in [0.29, 0.717) is 21.7 Å². The van der Waals surface area contributed by atoms with Gasteiger partial charge in [0.25, 0.3) is 0 Å². The van der Waals surface area contributed by atoms with Crippen LogP contribution in [0.2, 0.25) is 0 Å². The largest absolute Gasteiger partial charge is 0.493 e. The molecule has 0 aliphatic heterocycles. The van der Waals surface area contributed by atoms with E-state index in [2.05, 4.69) is 21.2 Å². The van der Waals surface area contributed by atoms with Crippen LogP contribution in [-0.4, -0.2) is 14.2 Å². The fourth-order valence-corrected chi connectivity index (χ4v) is 2.38. The van der Waals surface area contributed by atoms with Crippen molar-refractivity contribution in [2.24, 2.45) is 0 Å². The highest BCUT2D eigenvalue weighted by Crippen LogP contribution is 2.31. The van der Waals surface area contributed by atoms with Crippen molar-refractivity contribution in [1.29, 1.82) is 0 Å². The summed E-state index contributed by atoms with van der Waals surface area (Å²) < 4.78 is 25.1. The predicted molar refractivity (Wildman–Crippen MR) is 85.7 cm³/mol. The smallest absolute Gasteiger partial charge is 0.161 e. The quantitative estimate of drug-likeness (QED) is 0.838. The molecule has 1 N–H and O–H groups in total. The van der Waals surface area contributed by atoms with E-state index in [-0.39, 0.29) is 11.9 Å². The third-order valence-electron chi connectivity index (χ3n) is 3.21. The lowest BCUT2D eigenvalue weighted by Crippen LogP contribution is -2.08. The zero-order valence-corrected chi connectivity index (χ0v) is 13.7. The molecule has 0 spiro atoms. The van der Waals surface area contributed by atoms with E-state index in [4.69, 9.17) is 9.47 Å². The number of benzene rings is 2. The van der Waals surface area contributed by atoms with Gasteiger partial charge in [-0.1, -0.05) is 22.0 Å². The van der Waals surface area contributed by atoms with E-state index in [1.54, 1.807) is 26.4 Å². The Bertz CT molecular complexity index is 634. The second-order valence-corrected chi connectivity index (χ2v) is 5.52. The average molecular weight is 354 g/mol. The zero-order valence-electron chi connectivity index (χ0n) is 12.1. The Morgan fingerprint density at radius 2 is 1.76 bits per heavy atom. The number of hydrogen-bond acceptors (Lipinski definition) is 3. The average Bonchev–Trinajstić information content (AvgIpc) is 2.49. The van der Waals surface area contributed by atoms with Crippen molar-refractivity contribution in [2.75, 3.05) is 19.5 Å². The first-order chi connectivity index (χ1) is 10.0. The van der Waals surface area contributed by atoms with Crippen LogP contribution in [0.1, 0.15) is 18.5 Å². The van der Waals surface area contributed by atoms with E-state index in [0.717, 1.165) is 5.56 Å². The number of rotatable bonds is 5. The van der Waals surface area contributed by atoms with Crippen LogP contribution in [0.4, 0.5) is 10.1 Å². The van der Waals surface area contributed by atoms with E-state index >= 15 is 0 Å². The molecule has 0 aliphatic rings. The van der Waals surface area contributed by atoms with E-state index in [9.17, 15) is 4.39 Å². The van der Waals surface area contributed by atoms with Gasteiger partial charge in [0.05, 0.1) is 19.9 Å². The van der Waals surface area contributed by atoms with Gasteiger partial charge in [-0.25, -0.2) is 4.39 Å². The number of anilines is 1. The molecule has 0 bridgehead atoms. The highest BCUT2D eigenvalue weighted by molar-refractivity contribution is 9.10. The second-order valence-electron chi connectivity index (χ2n) is 4.60. The molecule has 112 valence electrons. The first-order valence-electron chi connectivity index (χ1n) is 6.48. The predicted octanol–water partition coefficient (Wildman–Crippen LogP) is 4.78. The molecule has 2 aromatic rings. The van der Waals surface area contributed by atoms with E-state index < -0.39 is 0 Å². The maximum Gasteiger partial charge on any atom is 0.161 e. The molecule has 3 nitrogen and oxygen atoms in total. The van der Waals surface area contributed by atoms with Gasteiger partial charge in [0.15, 0.2) is 11.5 Å². The lowest BCUT2D eigenvalue weighted by atomic mass is 10.1. The molecule has 21 heavy (non-hydrogen) atoms. The van der Waals surface area contributed by atoms with Crippen molar-refractivity contribution in [3.8, 4) is 11.5 Å². The SMILES string of the molecule is COc1ccc(C(C)Nc2ccc(Br)cc2F)cc1OC. The molecule has 0 aromatic heterocycles. The van der Waals surface area contributed by atoms with Crippen LogP contribution < -0.4 is 14.8 Å². The summed E-state index contributed by atoms with van der Waals surface area (Å²) in [5.41, 5.74) is 1.44. The standard InChI is InChI=1S/C16H17BrFNO2/c1-10(19-14-6-5-12(17)9-13(14)18)11-4-7-15(20-2)16(8-11)21-3/h4-10,19H,1-3H3. The van der Waals surface area contributed by atoms with Crippen molar-refractivity contribution in [3.63, 3.8) is 0 Å². The Kier molecular flexibility index (Phi) is 5.07. The Labute approximate surface area is 132 Å². The topological polar surface area (TPSA) is 30.5 Å². The van der Waals surface area contributed by atoms with Gasteiger partial charge in [-0.2, -0.15) is 0 Å². The Morgan fingerprint density at radius 1 is 1.05 bits per heavy atom. The van der Waals surface area contributed by atoms with Crippen LogP contribution in [0.5, 0.6) is 11.5 Å². The molecular weight excluding hydrogens is 337 g/mol. The highest BCUT2D eigenvalue weighted by atomic mass is 79.9. The molecule has 5 heteroatoms. The number of halogens is 2. The van der Waals surface area contributed by atoms with Gasteiger partial charge in [-0.15, -0.1) is 0 Å². The minimum absolute atomic E-state index is 0.0690. The lowest BCUT2D eigenvalue weighted by molar-refractivity contribution is 0.354. The summed E-state index contributed by atoms with van der Waals surface area (Å²) in [5.74, 6) is 1.03. The van der Waals surface area contributed by atoms with Crippen LogP contribution in [0.3, 0.4) is 0 Å². The molecule has 2 rings (SSSR count). The Hall–Kier alpha value is -1.75. The molecule has 0 saturated carbocycles. The molecule has 0 aliphatic carbocycles. The normalized spacial score (nSPS) is 11.9. The van der Waals surface area contributed by atoms with Crippen molar-refractivity contribution in [1.82, 2.24) is 0 Å². The highest BCUT2D eigenvalue weighted by Gasteiger charge is 2.12. The maximum atomic E-state index is 13.9. The van der Waals surface area contributed by atoms with Crippen molar-refractivity contribution in [2.45, 2.75) is 13.0 Å². The van der Waals surface area contributed by atoms with Crippen LogP contribution in [0.15, 0.2) is 40.9 Å². The molecule has 0 saturated heterocycles. The molecule has 1 unspecified atom stereocenters. The van der Waals surface area contributed by atoms with Gasteiger partial charge < -0.3 is 14.8 Å². The fraction of sp³-hybridized carbons (Fsp3) is 0.250. The maximum absolute atomic E-state index is 13.9. The second kappa shape index (κ2) is 6.80. The van der Waals surface area contributed by atoms with Gasteiger partial charge in [-0.3, -0.25) is 0 Å².